The molecule has 1 amide bonds. The molecule has 0 saturated heterocycles. The van der Waals surface area contributed by atoms with E-state index in [0.717, 1.165) is 0 Å². The Hall–Kier alpha value is -2.65. The molecule has 0 saturated carbocycles. The van der Waals surface area contributed by atoms with Gasteiger partial charge in [0.05, 0.1) is 25.3 Å². The van der Waals surface area contributed by atoms with Gasteiger partial charge in [-0.05, 0) is 23.8 Å². The fraction of sp³-hybridized carbons (Fsp3) is 0.214. The van der Waals surface area contributed by atoms with Crippen molar-refractivity contribution in [3.05, 3.63) is 41.5 Å². The van der Waals surface area contributed by atoms with Crippen LogP contribution in [-0.4, -0.2) is 36.7 Å². The van der Waals surface area contributed by atoms with Gasteiger partial charge in [0.15, 0.2) is 6.04 Å². The summed E-state index contributed by atoms with van der Waals surface area (Å²) >= 11 is 0. The average molecular weight is 274 g/mol. The lowest BCUT2D eigenvalue weighted by Crippen LogP contribution is -2.43. The zero-order valence-electron chi connectivity index (χ0n) is 10.9. The van der Waals surface area contributed by atoms with Gasteiger partial charge in [-0.25, -0.2) is 4.79 Å². The largest absolute Gasteiger partial charge is 0.467 e. The second-order valence-electron chi connectivity index (χ2n) is 3.84. The molecule has 1 atom stereocenters. The molecule has 104 valence electrons. The number of hydrogen-bond donors (Lipinski definition) is 2. The number of methoxy groups -OCH3 is 1. The predicted molar refractivity (Wildman–Crippen MR) is 71.2 cm³/mol. The van der Waals surface area contributed by atoms with Gasteiger partial charge in [-0.1, -0.05) is 12.1 Å². The van der Waals surface area contributed by atoms with Gasteiger partial charge in [-0.3, -0.25) is 4.79 Å². The standard InChI is InChI=1S/C14H14N2O4/c1-20-14(19)12(9-17)16-13(18)6-5-10-3-2-4-11(7-10)8-15/h2-7,12,17H,9H2,1H3,(H,16,18)/b6-5+. The highest BCUT2D eigenvalue weighted by Gasteiger charge is 2.18. The number of nitrogens with one attached hydrogen (secondary N) is 1. The van der Waals surface area contributed by atoms with Crippen LogP contribution in [0.1, 0.15) is 11.1 Å². The number of aliphatic hydroxyl groups excluding tert-OH is 1. The van der Waals surface area contributed by atoms with E-state index in [4.69, 9.17) is 10.4 Å². The van der Waals surface area contributed by atoms with Gasteiger partial charge in [0, 0.05) is 6.08 Å². The number of ether oxygens (including phenoxy) is 1. The molecule has 0 aliphatic heterocycles. The molecule has 0 aromatic heterocycles. The van der Waals surface area contributed by atoms with Crippen molar-refractivity contribution in [2.75, 3.05) is 13.7 Å². The van der Waals surface area contributed by atoms with Gasteiger partial charge in [0.2, 0.25) is 5.91 Å². The predicted octanol–water partition coefficient (Wildman–Crippen LogP) is 0.222. The molecular formula is C14H14N2O4. The van der Waals surface area contributed by atoms with Crippen LogP contribution in [0.4, 0.5) is 0 Å². The summed E-state index contributed by atoms with van der Waals surface area (Å²) < 4.78 is 4.42. The molecule has 20 heavy (non-hydrogen) atoms. The minimum atomic E-state index is -1.09. The SMILES string of the molecule is COC(=O)C(CO)NC(=O)/C=C/c1cccc(C#N)c1. The van der Waals surface area contributed by atoms with Crippen LogP contribution in [-0.2, 0) is 14.3 Å². The highest BCUT2D eigenvalue weighted by atomic mass is 16.5. The second-order valence-corrected chi connectivity index (χ2v) is 3.84. The molecular weight excluding hydrogens is 260 g/mol. The van der Waals surface area contributed by atoms with Gasteiger partial charge >= 0.3 is 5.97 Å². The summed E-state index contributed by atoms with van der Waals surface area (Å²) in [5, 5.41) is 20.0. The number of nitriles is 1. The van der Waals surface area contributed by atoms with Gasteiger partial charge in [-0.15, -0.1) is 0 Å². The third-order valence-electron chi connectivity index (χ3n) is 2.43. The lowest BCUT2D eigenvalue weighted by atomic mass is 10.1. The van der Waals surface area contributed by atoms with E-state index in [9.17, 15) is 9.59 Å². The summed E-state index contributed by atoms with van der Waals surface area (Å²) in [6, 6.07) is 7.59. The summed E-state index contributed by atoms with van der Waals surface area (Å²) in [6.07, 6.45) is 2.71. The molecule has 0 aliphatic rings. The van der Waals surface area contributed by atoms with Crippen LogP contribution in [0.5, 0.6) is 0 Å². The van der Waals surface area contributed by atoms with E-state index in [1.54, 1.807) is 24.3 Å². The van der Waals surface area contributed by atoms with E-state index in [-0.39, 0.29) is 0 Å². The number of hydrogen-bond acceptors (Lipinski definition) is 5. The first kappa shape index (κ1) is 15.4. The third-order valence-corrected chi connectivity index (χ3v) is 2.43. The summed E-state index contributed by atoms with van der Waals surface area (Å²) in [4.78, 5) is 22.8. The molecule has 0 bridgehead atoms. The maximum absolute atomic E-state index is 11.6. The molecule has 6 nitrogen and oxygen atoms in total. The van der Waals surface area contributed by atoms with Crippen molar-refractivity contribution >= 4 is 18.0 Å². The van der Waals surface area contributed by atoms with Crippen molar-refractivity contribution < 1.29 is 19.4 Å². The first-order valence-electron chi connectivity index (χ1n) is 5.78. The highest BCUT2D eigenvalue weighted by molar-refractivity contribution is 5.94. The van der Waals surface area contributed by atoms with Crippen LogP contribution in [0, 0.1) is 11.3 Å². The summed E-state index contributed by atoms with van der Waals surface area (Å²) in [5.41, 5.74) is 1.16. The fourth-order valence-electron chi connectivity index (χ4n) is 1.42. The Morgan fingerprint density at radius 3 is 2.90 bits per heavy atom. The Labute approximate surface area is 116 Å². The molecule has 0 fully saturated rings. The quantitative estimate of drug-likeness (QED) is 0.591. The first-order valence-corrected chi connectivity index (χ1v) is 5.78. The second kappa shape index (κ2) is 7.71. The van der Waals surface area contributed by atoms with E-state index in [0.29, 0.717) is 11.1 Å². The summed E-state index contributed by atoms with van der Waals surface area (Å²) in [5.74, 6) is -1.27. The number of carbonyl (C=O) groups is 2. The van der Waals surface area contributed by atoms with Gasteiger partial charge < -0.3 is 15.2 Å². The molecule has 1 aromatic rings. The molecule has 6 heteroatoms. The number of nitrogens with zero attached hydrogens (tertiary/aromatic N) is 1. The Balaban J connectivity index is 2.67. The number of rotatable bonds is 5. The van der Waals surface area contributed by atoms with Crippen molar-refractivity contribution in [2.45, 2.75) is 6.04 Å². The van der Waals surface area contributed by atoms with E-state index in [1.807, 2.05) is 6.07 Å². The monoisotopic (exact) mass is 274 g/mol. The van der Waals surface area contributed by atoms with Crippen LogP contribution in [0.25, 0.3) is 6.08 Å². The normalized spacial score (nSPS) is 11.7. The lowest BCUT2D eigenvalue weighted by molar-refractivity contribution is -0.145. The maximum atomic E-state index is 11.6. The van der Waals surface area contributed by atoms with Crippen LogP contribution in [0.15, 0.2) is 30.3 Å². The number of benzene rings is 1. The van der Waals surface area contributed by atoms with Crippen molar-refractivity contribution in [2.24, 2.45) is 0 Å². The van der Waals surface area contributed by atoms with Crippen molar-refractivity contribution in [1.29, 1.82) is 5.26 Å². The molecule has 2 N–H and O–H groups in total. The lowest BCUT2D eigenvalue weighted by Gasteiger charge is -2.11. The zero-order valence-corrected chi connectivity index (χ0v) is 10.9. The molecule has 0 heterocycles. The van der Waals surface area contributed by atoms with E-state index < -0.39 is 24.5 Å². The minimum absolute atomic E-state index is 0.482. The number of aliphatic hydroxyl groups is 1. The van der Waals surface area contributed by atoms with Crippen LogP contribution >= 0.6 is 0 Å². The van der Waals surface area contributed by atoms with Crippen LogP contribution in [0.3, 0.4) is 0 Å². The number of carbonyl (C=O) groups excluding carboxylic acids is 2. The topological polar surface area (TPSA) is 99.4 Å². The Morgan fingerprint density at radius 1 is 1.55 bits per heavy atom. The van der Waals surface area contributed by atoms with E-state index >= 15 is 0 Å². The maximum Gasteiger partial charge on any atom is 0.330 e. The summed E-state index contributed by atoms with van der Waals surface area (Å²) in [6.45, 7) is -0.545. The van der Waals surface area contributed by atoms with Crippen molar-refractivity contribution in [3.63, 3.8) is 0 Å². The van der Waals surface area contributed by atoms with E-state index in [1.165, 1.54) is 19.3 Å². The Bertz CT molecular complexity index is 561. The van der Waals surface area contributed by atoms with Gasteiger partial charge in [-0.2, -0.15) is 5.26 Å². The smallest absolute Gasteiger partial charge is 0.330 e. The minimum Gasteiger partial charge on any atom is -0.467 e. The zero-order chi connectivity index (χ0) is 15.0. The Morgan fingerprint density at radius 2 is 2.30 bits per heavy atom. The molecule has 0 aliphatic carbocycles. The highest BCUT2D eigenvalue weighted by Crippen LogP contribution is 2.05. The van der Waals surface area contributed by atoms with Gasteiger partial charge in [0.1, 0.15) is 0 Å². The van der Waals surface area contributed by atoms with Crippen molar-refractivity contribution in [1.82, 2.24) is 5.32 Å². The third kappa shape index (κ3) is 4.55. The van der Waals surface area contributed by atoms with Gasteiger partial charge in [0.25, 0.3) is 0 Å². The van der Waals surface area contributed by atoms with Crippen LogP contribution in [0.2, 0.25) is 0 Å². The molecule has 1 aromatic carbocycles. The van der Waals surface area contributed by atoms with Crippen molar-refractivity contribution in [3.8, 4) is 6.07 Å². The van der Waals surface area contributed by atoms with E-state index in [2.05, 4.69) is 10.1 Å². The number of esters is 1. The number of amides is 1. The first-order chi connectivity index (χ1) is 9.60. The summed E-state index contributed by atoms with van der Waals surface area (Å²) in [7, 11) is 1.17. The molecule has 1 rings (SSSR count). The molecule has 1 unspecified atom stereocenters. The average Bonchev–Trinajstić information content (AvgIpc) is 2.50. The van der Waals surface area contributed by atoms with Crippen LogP contribution < -0.4 is 5.32 Å². The molecule has 0 spiro atoms. The fourth-order valence-corrected chi connectivity index (χ4v) is 1.42. The molecule has 0 radical (unpaired) electrons. The Kier molecular flexibility index (Phi) is 5.94.